The van der Waals surface area contributed by atoms with Crippen molar-refractivity contribution in [2.45, 2.75) is 44.6 Å². The highest BCUT2D eigenvalue weighted by atomic mass is 32.1. The Morgan fingerprint density at radius 3 is 1.78 bits per heavy atom. The van der Waals surface area contributed by atoms with Crippen LogP contribution in [0.2, 0.25) is 0 Å². The number of nitrogens with zero attached hydrogens (tertiary/aromatic N) is 10. The summed E-state index contributed by atoms with van der Waals surface area (Å²) < 4.78 is 10.0. The standard InChI is InChI=1S/C22H23N7OS2.C17H13N5O2S2/c1-28(2)14-9-29(10-14)22(30)12-3-5-15-17(7-12)31-21-19(15)20(23-11-24-21)25-13-4-6-16-18(8-13)32-27-26-16;23-17(24)8-1-3-10-12(5-8)25-16-14(10)15(18-7-19-16)20-9-2-4-11-13(6-9)26-22-21-11/h4,6,8,11-12,14H,3,5,7,9-10H2,1-2H3,(H,23,24,25);2,4,6-8H,1,3,5H2,(H,23,24)(H,18,19,20)/t12-;8-/m00/s1. The van der Waals surface area contributed by atoms with Gasteiger partial charge in [0.25, 0.3) is 0 Å². The van der Waals surface area contributed by atoms with Crippen LogP contribution in [-0.2, 0) is 35.3 Å². The highest BCUT2D eigenvalue weighted by molar-refractivity contribution is 7.19. The predicted molar refractivity (Wildman–Crippen MR) is 229 cm³/mol. The minimum Gasteiger partial charge on any atom is -0.481 e. The fraction of sp³-hybridized carbons (Fsp3) is 0.333. The van der Waals surface area contributed by atoms with E-state index in [1.807, 2.05) is 35.2 Å². The summed E-state index contributed by atoms with van der Waals surface area (Å²) in [4.78, 5) is 50.8. The first-order valence-corrected chi connectivity index (χ1v) is 22.1. The van der Waals surface area contributed by atoms with Gasteiger partial charge >= 0.3 is 5.97 Å². The van der Waals surface area contributed by atoms with Crippen molar-refractivity contribution in [2.75, 3.05) is 37.8 Å². The quantitative estimate of drug-likeness (QED) is 0.150. The zero-order valence-electron chi connectivity index (χ0n) is 31.4. The van der Waals surface area contributed by atoms with E-state index in [1.165, 1.54) is 39.1 Å². The molecular weight excluding hydrogens is 813 g/mol. The second-order valence-electron chi connectivity index (χ2n) is 15.1. The van der Waals surface area contributed by atoms with Gasteiger partial charge in [0.2, 0.25) is 5.91 Å². The van der Waals surface area contributed by atoms with Gasteiger partial charge in [-0.15, -0.1) is 32.9 Å². The summed E-state index contributed by atoms with van der Waals surface area (Å²) in [6, 6.07) is 12.4. The van der Waals surface area contributed by atoms with E-state index in [9.17, 15) is 14.7 Å². The molecule has 2 aliphatic carbocycles. The molecule has 11 rings (SSSR count). The number of aryl methyl sites for hydroxylation is 2. The lowest BCUT2D eigenvalue weighted by molar-refractivity contribution is -0.143. The molecule has 0 radical (unpaired) electrons. The number of aliphatic carboxylic acids is 1. The number of anilines is 4. The molecule has 2 atom stereocenters. The van der Waals surface area contributed by atoms with E-state index in [1.54, 1.807) is 35.3 Å². The molecule has 3 N–H and O–H groups in total. The first kappa shape index (κ1) is 37.0. The molecule has 0 bridgehead atoms. The predicted octanol–water partition coefficient (Wildman–Crippen LogP) is 6.95. The van der Waals surface area contributed by atoms with E-state index in [0.29, 0.717) is 24.8 Å². The lowest BCUT2D eigenvalue weighted by Crippen LogP contribution is -2.60. The van der Waals surface area contributed by atoms with Crippen LogP contribution >= 0.6 is 45.7 Å². The summed E-state index contributed by atoms with van der Waals surface area (Å²) in [7, 11) is 4.16. The van der Waals surface area contributed by atoms with Gasteiger partial charge in [-0.05, 0) is 123 Å². The van der Waals surface area contributed by atoms with Crippen LogP contribution in [0.1, 0.15) is 33.7 Å². The molecule has 19 heteroatoms. The lowest BCUT2D eigenvalue weighted by atomic mass is 9.86. The van der Waals surface area contributed by atoms with Gasteiger partial charge in [0.05, 0.1) is 26.1 Å². The molecule has 1 aliphatic heterocycles. The van der Waals surface area contributed by atoms with E-state index in [0.717, 1.165) is 108 Å². The average molecular weight is 849 g/mol. The molecule has 6 aromatic heterocycles. The van der Waals surface area contributed by atoms with Crippen molar-refractivity contribution in [1.29, 1.82) is 0 Å². The third-order valence-electron chi connectivity index (χ3n) is 11.3. The second-order valence-corrected chi connectivity index (χ2v) is 18.8. The smallest absolute Gasteiger partial charge is 0.306 e. The summed E-state index contributed by atoms with van der Waals surface area (Å²) in [5, 5.41) is 26.4. The highest BCUT2D eigenvalue weighted by Crippen LogP contribution is 2.42. The van der Waals surface area contributed by atoms with Crippen LogP contribution in [0.15, 0.2) is 49.1 Å². The fourth-order valence-electron chi connectivity index (χ4n) is 8.04. The average Bonchev–Trinajstić information content (AvgIpc) is 4.01. The Kier molecular flexibility index (Phi) is 9.63. The Bertz CT molecular complexity index is 2860. The molecule has 1 fully saturated rings. The number of aromatic nitrogens is 8. The van der Waals surface area contributed by atoms with Crippen molar-refractivity contribution in [2.24, 2.45) is 11.8 Å². The molecule has 15 nitrogen and oxygen atoms in total. The van der Waals surface area contributed by atoms with Gasteiger partial charge in [-0.3, -0.25) is 9.59 Å². The topological polar surface area (TPSA) is 188 Å². The van der Waals surface area contributed by atoms with Gasteiger partial charge < -0.3 is 25.5 Å². The number of likely N-dealkylation sites (tertiary alicyclic amines) is 1. The summed E-state index contributed by atoms with van der Waals surface area (Å²) in [5.41, 5.74) is 6.14. The highest BCUT2D eigenvalue weighted by Gasteiger charge is 2.38. The molecule has 294 valence electrons. The number of rotatable bonds is 7. The van der Waals surface area contributed by atoms with E-state index in [4.69, 9.17) is 0 Å². The number of carboxylic acids is 1. The van der Waals surface area contributed by atoms with Crippen LogP contribution in [0.25, 0.3) is 40.9 Å². The zero-order valence-corrected chi connectivity index (χ0v) is 34.6. The summed E-state index contributed by atoms with van der Waals surface area (Å²) in [6.07, 6.45) is 7.70. The van der Waals surface area contributed by atoms with Gasteiger partial charge in [-0.1, -0.05) is 8.98 Å². The number of nitrogens with one attached hydrogen (secondary N) is 2. The van der Waals surface area contributed by atoms with Crippen molar-refractivity contribution in [1.82, 2.24) is 48.9 Å². The van der Waals surface area contributed by atoms with E-state index < -0.39 is 5.97 Å². The van der Waals surface area contributed by atoms with E-state index in [2.05, 4.69) is 74.8 Å². The van der Waals surface area contributed by atoms with Gasteiger partial charge in [0, 0.05) is 46.2 Å². The first-order valence-electron chi connectivity index (χ1n) is 18.9. The molecule has 0 spiro atoms. The fourth-order valence-corrected chi connectivity index (χ4v) is 11.8. The summed E-state index contributed by atoms with van der Waals surface area (Å²) in [6.45, 7) is 1.70. The SMILES string of the molecule is CN(C)C1CN(C(=O)[C@H]2CCc3c(sc4ncnc(Nc5ccc6nnsc6c5)c34)C2)C1.O=C(O)[C@H]1CCc2c(sc3ncnc(Nc4ccc5nnsc5c4)c23)C1. The van der Waals surface area contributed by atoms with E-state index in [-0.39, 0.29) is 11.8 Å². The van der Waals surface area contributed by atoms with Gasteiger partial charge in [0.15, 0.2) is 0 Å². The molecule has 2 aromatic carbocycles. The molecule has 0 saturated carbocycles. The number of carbonyl (C=O) groups excluding carboxylic acids is 1. The van der Waals surface area contributed by atoms with Gasteiger partial charge in [-0.25, -0.2) is 19.9 Å². The van der Waals surface area contributed by atoms with Crippen molar-refractivity contribution >= 4 is 121 Å². The second kappa shape index (κ2) is 15.1. The van der Waals surface area contributed by atoms with Gasteiger partial charge in [-0.2, -0.15) is 0 Å². The molecule has 3 aliphatic rings. The number of amides is 1. The van der Waals surface area contributed by atoms with Crippen molar-refractivity contribution in [3.63, 3.8) is 0 Å². The molecule has 7 heterocycles. The maximum atomic E-state index is 13.0. The third-order valence-corrected chi connectivity index (χ3v) is 15.0. The Morgan fingerprint density at radius 1 is 0.741 bits per heavy atom. The number of carboxylic acid groups (broad SMARTS) is 1. The Hall–Kier alpha value is -5.34. The first-order chi connectivity index (χ1) is 28.3. The zero-order chi connectivity index (χ0) is 39.5. The minimum atomic E-state index is -0.719. The van der Waals surface area contributed by atoms with Crippen molar-refractivity contribution in [3.8, 4) is 0 Å². The number of carbonyl (C=O) groups is 2. The number of fused-ring (bicyclic) bond motifs is 8. The number of hydrogen-bond donors (Lipinski definition) is 3. The van der Waals surface area contributed by atoms with Gasteiger partial charge in [0.1, 0.15) is 45.0 Å². The lowest BCUT2D eigenvalue weighted by Gasteiger charge is -2.44. The van der Waals surface area contributed by atoms with E-state index >= 15 is 0 Å². The van der Waals surface area contributed by atoms with Crippen LogP contribution in [-0.4, -0.2) is 99.1 Å². The van der Waals surface area contributed by atoms with Crippen LogP contribution in [0, 0.1) is 11.8 Å². The van der Waals surface area contributed by atoms with Crippen LogP contribution in [0.4, 0.5) is 23.0 Å². The molecule has 0 unspecified atom stereocenters. The summed E-state index contributed by atoms with van der Waals surface area (Å²) in [5.74, 6) is 0.945. The number of thiophene rings is 2. The molecule has 1 amide bonds. The van der Waals surface area contributed by atoms with Crippen LogP contribution < -0.4 is 10.6 Å². The Morgan fingerprint density at radius 2 is 1.26 bits per heavy atom. The number of benzene rings is 2. The Labute approximate surface area is 347 Å². The number of likely N-dealkylation sites (N-methyl/N-ethyl adjacent to an activating group) is 1. The molecular formula is C39H36N12O3S4. The third kappa shape index (κ3) is 6.89. The summed E-state index contributed by atoms with van der Waals surface area (Å²) >= 11 is 6.02. The molecule has 1 saturated heterocycles. The van der Waals surface area contributed by atoms with Crippen LogP contribution in [0.3, 0.4) is 0 Å². The largest absolute Gasteiger partial charge is 0.481 e. The minimum absolute atomic E-state index is 0.0734. The monoisotopic (exact) mass is 848 g/mol. The maximum Gasteiger partial charge on any atom is 0.306 e. The Balaban J connectivity index is 0.000000144. The normalized spacial score (nSPS) is 17.9. The molecule has 58 heavy (non-hydrogen) atoms. The molecule has 8 aromatic rings. The van der Waals surface area contributed by atoms with Crippen LogP contribution in [0.5, 0.6) is 0 Å². The maximum absolute atomic E-state index is 13.0. The van der Waals surface area contributed by atoms with Crippen molar-refractivity contribution in [3.05, 3.63) is 69.9 Å². The number of hydrogen-bond acceptors (Lipinski definition) is 17. The van der Waals surface area contributed by atoms with Crippen molar-refractivity contribution < 1.29 is 14.7 Å².